The Hall–Kier alpha value is -1.76. The Bertz CT molecular complexity index is 846. The lowest BCUT2D eigenvalue weighted by atomic mass is 9.81. The lowest BCUT2D eigenvalue weighted by Gasteiger charge is -2.30. The maximum absolute atomic E-state index is 13.9. The molecule has 1 aromatic rings. The molecule has 0 radical (unpaired) electrons. The second kappa shape index (κ2) is 8.54. The summed E-state index contributed by atoms with van der Waals surface area (Å²) in [4.78, 5) is 10.7. The second-order valence-corrected chi connectivity index (χ2v) is 9.25. The highest BCUT2D eigenvalue weighted by molar-refractivity contribution is 7.89. The molecule has 0 saturated carbocycles. The number of carboxylic acids is 1. The van der Waals surface area contributed by atoms with Gasteiger partial charge in [-0.1, -0.05) is 12.1 Å². The molecule has 2 saturated heterocycles. The van der Waals surface area contributed by atoms with Crippen molar-refractivity contribution in [1.82, 2.24) is 9.21 Å². The molecule has 0 bridgehead atoms. The average molecular weight is 442 g/mol. The molecule has 0 unspecified atom stereocenters. The third kappa shape index (κ3) is 5.24. The van der Waals surface area contributed by atoms with Crippen LogP contribution in [0.25, 0.3) is 0 Å². The quantitative estimate of drug-likeness (QED) is 0.714. The van der Waals surface area contributed by atoms with Gasteiger partial charge in [-0.15, -0.1) is 0 Å². The molecule has 0 spiro atoms. The smallest absolute Gasteiger partial charge is 0.475 e. The predicted molar refractivity (Wildman–Crippen MR) is 94.1 cm³/mol. The van der Waals surface area contributed by atoms with E-state index in [1.807, 2.05) is 14.1 Å². The van der Waals surface area contributed by atoms with Crippen LogP contribution in [0.1, 0.15) is 0 Å². The van der Waals surface area contributed by atoms with Crippen LogP contribution >= 0.6 is 0 Å². The number of ether oxygens (including phenoxy) is 1. The summed E-state index contributed by atoms with van der Waals surface area (Å²) in [7, 11) is 0.140. The second-order valence-electron chi connectivity index (χ2n) is 7.34. The van der Waals surface area contributed by atoms with Crippen LogP contribution in [0.2, 0.25) is 0 Å². The van der Waals surface area contributed by atoms with Crippen molar-refractivity contribution in [3.05, 3.63) is 30.1 Å². The van der Waals surface area contributed by atoms with Gasteiger partial charge in [0.2, 0.25) is 10.0 Å². The third-order valence-electron chi connectivity index (χ3n) is 4.82. The largest absolute Gasteiger partial charge is 0.490 e. The molecule has 1 aromatic carbocycles. The summed E-state index contributed by atoms with van der Waals surface area (Å²) < 4.78 is 78.1. The maximum Gasteiger partial charge on any atom is 0.490 e. The summed E-state index contributed by atoms with van der Waals surface area (Å²) in [6.45, 7) is 2.66. The Labute approximate surface area is 165 Å². The van der Waals surface area contributed by atoms with Gasteiger partial charge in [0.25, 0.3) is 0 Å². The van der Waals surface area contributed by atoms with Crippen molar-refractivity contribution in [2.45, 2.75) is 11.1 Å². The normalized spacial score (nSPS) is 24.9. The van der Waals surface area contributed by atoms with E-state index in [-0.39, 0.29) is 16.2 Å². The van der Waals surface area contributed by atoms with Gasteiger partial charge in [0, 0.05) is 31.0 Å². The Kier molecular flexibility index (Phi) is 6.93. The first-order chi connectivity index (χ1) is 13.3. The molecule has 164 valence electrons. The van der Waals surface area contributed by atoms with E-state index in [0.29, 0.717) is 26.3 Å². The SMILES string of the molecule is CN(C)C[C@]12COC[C@H]1CN(S(=O)(=O)c1ccccc1F)C2.O=C(O)C(F)(F)F. The maximum atomic E-state index is 13.9. The van der Waals surface area contributed by atoms with Crippen LogP contribution in [0, 0.1) is 17.2 Å². The Morgan fingerprint density at radius 1 is 1.34 bits per heavy atom. The fourth-order valence-electron chi connectivity index (χ4n) is 3.61. The Morgan fingerprint density at radius 2 is 1.93 bits per heavy atom. The van der Waals surface area contributed by atoms with Gasteiger partial charge in [0.05, 0.1) is 13.2 Å². The van der Waals surface area contributed by atoms with Gasteiger partial charge < -0.3 is 14.7 Å². The number of carbonyl (C=O) groups is 1. The van der Waals surface area contributed by atoms with Crippen molar-refractivity contribution in [2.24, 2.45) is 11.3 Å². The van der Waals surface area contributed by atoms with Crippen LogP contribution in [0.15, 0.2) is 29.2 Å². The van der Waals surface area contributed by atoms with Crippen molar-refractivity contribution in [3.63, 3.8) is 0 Å². The van der Waals surface area contributed by atoms with Gasteiger partial charge in [-0.25, -0.2) is 17.6 Å². The first-order valence-corrected chi connectivity index (χ1v) is 10.0. The Balaban J connectivity index is 0.000000370. The van der Waals surface area contributed by atoms with E-state index in [0.717, 1.165) is 6.54 Å². The molecule has 2 atom stereocenters. The minimum atomic E-state index is -5.08. The van der Waals surface area contributed by atoms with E-state index in [4.69, 9.17) is 14.6 Å². The number of rotatable bonds is 4. The highest BCUT2D eigenvalue weighted by atomic mass is 32.2. The average Bonchev–Trinajstić information content (AvgIpc) is 3.11. The molecule has 29 heavy (non-hydrogen) atoms. The predicted octanol–water partition coefficient (Wildman–Crippen LogP) is 1.66. The fraction of sp³-hybridized carbons (Fsp3) is 0.588. The summed E-state index contributed by atoms with van der Waals surface area (Å²) in [5, 5.41) is 7.12. The van der Waals surface area contributed by atoms with Crippen LogP contribution in [-0.2, 0) is 19.6 Å². The van der Waals surface area contributed by atoms with Crippen molar-refractivity contribution >= 4 is 16.0 Å². The number of hydrogen-bond acceptors (Lipinski definition) is 5. The Morgan fingerprint density at radius 3 is 2.45 bits per heavy atom. The molecule has 2 aliphatic heterocycles. The van der Waals surface area contributed by atoms with Crippen molar-refractivity contribution in [3.8, 4) is 0 Å². The zero-order valence-corrected chi connectivity index (χ0v) is 16.6. The summed E-state index contributed by atoms with van der Waals surface area (Å²) in [6, 6.07) is 5.55. The fourth-order valence-corrected chi connectivity index (χ4v) is 5.26. The van der Waals surface area contributed by atoms with Crippen LogP contribution in [-0.4, -0.2) is 81.8 Å². The van der Waals surface area contributed by atoms with Crippen molar-refractivity contribution in [1.29, 1.82) is 0 Å². The number of benzene rings is 1. The lowest BCUT2D eigenvalue weighted by molar-refractivity contribution is -0.192. The number of alkyl halides is 3. The molecule has 2 aliphatic rings. The van der Waals surface area contributed by atoms with Crippen LogP contribution in [0.4, 0.5) is 17.6 Å². The summed E-state index contributed by atoms with van der Waals surface area (Å²) >= 11 is 0. The van der Waals surface area contributed by atoms with Gasteiger partial charge in [0.1, 0.15) is 10.7 Å². The van der Waals surface area contributed by atoms with Crippen LogP contribution in [0.5, 0.6) is 0 Å². The molecule has 3 rings (SSSR count). The standard InChI is InChI=1S/C15H21FN2O3S.C2HF3O2/c1-17(2)9-15-10-18(7-12(15)8-21-11-15)22(19,20)14-6-4-3-5-13(14)16;3-2(4,5)1(6)7/h3-6,12H,7-11H2,1-2H3;(H,6,7)/t12-,15+;/m1./s1. The topological polar surface area (TPSA) is 87.2 Å². The molecule has 0 amide bonds. The van der Waals surface area contributed by atoms with E-state index >= 15 is 0 Å². The lowest BCUT2D eigenvalue weighted by Crippen LogP contribution is -2.41. The molecule has 7 nitrogen and oxygen atoms in total. The van der Waals surface area contributed by atoms with Crippen molar-refractivity contribution in [2.75, 3.05) is 46.9 Å². The zero-order chi connectivity index (χ0) is 22.0. The van der Waals surface area contributed by atoms with E-state index in [1.165, 1.54) is 22.5 Å². The number of nitrogens with zero attached hydrogens (tertiary/aromatic N) is 2. The molecule has 0 aliphatic carbocycles. The van der Waals surface area contributed by atoms with Crippen LogP contribution < -0.4 is 0 Å². The molecule has 12 heteroatoms. The van der Waals surface area contributed by atoms with Gasteiger partial charge in [0.15, 0.2) is 0 Å². The van der Waals surface area contributed by atoms with E-state index < -0.39 is 28.0 Å². The van der Waals surface area contributed by atoms with Gasteiger partial charge in [-0.2, -0.15) is 17.5 Å². The minimum absolute atomic E-state index is 0.163. The van der Waals surface area contributed by atoms with Crippen molar-refractivity contribution < 1.29 is 40.6 Å². The number of halogens is 4. The highest BCUT2D eigenvalue weighted by Crippen LogP contribution is 2.43. The van der Waals surface area contributed by atoms with E-state index in [2.05, 4.69) is 4.90 Å². The highest BCUT2D eigenvalue weighted by Gasteiger charge is 2.53. The number of fused-ring (bicyclic) bond motifs is 1. The number of hydrogen-bond donors (Lipinski definition) is 1. The summed E-state index contributed by atoms with van der Waals surface area (Å²) in [5.41, 5.74) is -0.193. The number of carboxylic acid groups (broad SMARTS) is 1. The monoisotopic (exact) mass is 442 g/mol. The van der Waals surface area contributed by atoms with E-state index in [1.54, 1.807) is 6.07 Å². The summed E-state index contributed by atoms with van der Waals surface area (Å²) in [6.07, 6.45) is -5.08. The van der Waals surface area contributed by atoms with Gasteiger partial charge in [-0.3, -0.25) is 0 Å². The minimum Gasteiger partial charge on any atom is -0.475 e. The first kappa shape index (κ1) is 23.5. The molecule has 0 aromatic heterocycles. The molecular formula is C17H22F4N2O5S. The molecular weight excluding hydrogens is 420 g/mol. The number of sulfonamides is 1. The molecule has 1 N–H and O–H groups in total. The van der Waals surface area contributed by atoms with Crippen LogP contribution in [0.3, 0.4) is 0 Å². The van der Waals surface area contributed by atoms with Gasteiger partial charge >= 0.3 is 12.1 Å². The number of aliphatic carboxylic acids is 1. The van der Waals surface area contributed by atoms with Gasteiger partial charge in [-0.05, 0) is 26.2 Å². The van der Waals surface area contributed by atoms with E-state index in [9.17, 15) is 26.0 Å². The molecule has 2 heterocycles. The first-order valence-electron chi connectivity index (χ1n) is 8.57. The third-order valence-corrected chi connectivity index (χ3v) is 6.66. The molecule has 2 fully saturated rings. The summed E-state index contributed by atoms with van der Waals surface area (Å²) in [5.74, 6) is -3.29. The zero-order valence-electron chi connectivity index (χ0n) is 15.8.